The van der Waals surface area contributed by atoms with Crippen LogP contribution in [-0.2, 0) is 10.8 Å². The van der Waals surface area contributed by atoms with E-state index in [2.05, 4.69) is 5.32 Å². The maximum Gasteiger partial charge on any atom is 0.142 e. The topological polar surface area (TPSA) is 29.1 Å². The molecule has 0 bridgehead atoms. The summed E-state index contributed by atoms with van der Waals surface area (Å²) < 4.78 is 24.6. The van der Waals surface area contributed by atoms with E-state index >= 15 is 0 Å². The molecular weight excluding hydrogens is 296 g/mol. The van der Waals surface area contributed by atoms with E-state index in [1.807, 2.05) is 13.8 Å². The van der Waals surface area contributed by atoms with Gasteiger partial charge in [-0.25, -0.2) is 4.39 Å². The zero-order valence-electron chi connectivity index (χ0n) is 10.3. The van der Waals surface area contributed by atoms with Gasteiger partial charge >= 0.3 is 0 Å². The predicted molar refractivity (Wildman–Crippen MR) is 76.4 cm³/mol. The Bertz CT molecular complexity index is 442. The Balaban J connectivity index is 2.64. The number of rotatable bonds is 6. The van der Waals surface area contributed by atoms with Gasteiger partial charge in [-0.3, -0.25) is 4.21 Å². The fourth-order valence-electron chi connectivity index (χ4n) is 1.51. The Morgan fingerprint density at radius 2 is 2.06 bits per heavy atom. The van der Waals surface area contributed by atoms with Gasteiger partial charge in [-0.1, -0.05) is 30.1 Å². The van der Waals surface area contributed by atoms with Crippen LogP contribution in [0.2, 0.25) is 10.0 Å². The number of hydrogen-bond donors (Lipinski definition) is 1. The number of hydrogen-bond acceptors (Lipinski definition) is 2. The van der Waals surface area contributed by atoms with Gasteiger partial charge in [-0.15, -0.1) is 0 Å². The SMILES string of the molecule is CCS(=O)CCNC(C)c1cc(F)c(Cl)cc1Cl. The third-order valence-electron chi connectivity index (χ3n) is 2.61. The zero-order chi connectivity index (χ0) is 13.7. The maximum atomic E-state index is 13.4. The quantitative estimate of drug-likeness (QED) is 0.814. The van der Waals surface area contributed by atoms with Crippen molar-refractivity contribution in [2.45, 2.75) is 19.9 Å². The zero-order valence-corrected chi connectivity index (χ0v) is 12.6. The highest BCUT2D eigenvalue weighted by Crippen LogP contribution is 2.28. The van der Waals surface area contributed by atoms with Crippen molar-refractivity contribution in [3.05, 3.63) is 33.6 Å². The molecule has 0 aliphatic heterocycles. The Morgan fingerprint density at radius 1 is 1.39 bits per heavy atom. The lowest BCUT2D eigenvalue weighted by molar-refractivity contribution is 0.582. The molecule has 1 aromatic carbocycles. The molecule has 18 heavy (non-hydrogen) atoms. The first-order chi connectivity index (χ1) is 8.45. The second kappa shape index (κ2) is 7.43. The summed E-state index contributed by atoms with van der Waals surface area (Å²) in [4.78, 5) is 0. The Kier molecular flexibility index (Phi) is 6.57. The first-order valence-electron chi connectivity index (χ1n) is 5.68. The minimum atomic E-state index is -0.804. The minimum Gasteiger partial charge on any atom is -0.309 e. The highest BCUT2D eigenvalue weighted by Gasteiger charge is 2.13. The third-order valence-corrected chi connectivity index (χ3v) is 4.53. The van der Waals surface area contributed by atoms with Gasteiger partial charge in [0.05, 0.1) is 5.02 Å². The van der Waals surface area contributed by atoms with E-state index in [4.69, 9.17) is 23.2 Å². The lowest BCUT2D eigenvalue weighted by Gasteiger charge is -2.16. The molecule has 2 nitrogen and oxygen atoms in total. The molecule has 0 radical (unpaired) electrons. The highest BCUT2D eigenvalue weighted by atomic mass is 35.5. The molecule has 1 aromatic rings. The molecule has 2 unspecified atom stereocenters. The second-order valence-electron chi connectivity index (χ2n) is 3.90. The summed E-state index contributed by atoms with van der Waals surface area (Å²) in [6.07, 6.45) is 0. The monoisotopic (exact) mass is 311 g/mol. The summed E-state index contributed by atoms with van der Waals surface area (Å²) in [6, 6.07) is 2.62. The van der Waals surface area contributed by atoms with Crippen LogP contribution in [-0.4, -0.2) is 22.3 Å². The first kappa shape index (κ1) is 15.9. The van der Waals surface area contributed by atoms with Gasteiger partial charge in [0.25, 0.3) is 0 Å². The number of halogens is 3. The van der Waals surface area contributed by atoms with Gasteiger partial charge in [-0.05, 0) is 24.6 Å². The van der Waals surface area contributed by atoms with Crippen molar-refractivity contribution in [1.82, 2.24) is 5.32 Å². The molecule has 0 spiro atoms. The van der Waals surface area contributed by atoms with Crippen molar-refractivity contribution < 1.29 is 8.60 Å². The van der Waals surface area contributed by atoms with E-state index in [-0.39, 0.29) is 11.1 Å². The maximum absolute atomic E-state index is 13.4. The van der Waals surface area contributed by atoms with Crippen LogP contribution in [0.3, 0.4) is 0 Å². The average Bonchev–Trinajstić information content (AvgIpc) is 2.33. The minimum absolute atomic E-state index is 0.0167. The van der Waals surface area contributed by atoms with Crippen LogP contribution >= 0.6 is 23.2 Å². The molecule has 6 heteroatoms. The summed E-state index contributed by atoms with van der Waals surface area (Å²) in [5, 5.41) is 3.61. The van der Waals surface area contributed by atoms with E-state index in [1.54, 1.807) is 0 Å². The number of nitrogens with one attached hydrogen (secondary N) is 1. The van der Waals surface area contributed by atoms with Gasteiger partial charge < -0.3 is 5.32 Å². The van der Waals surface area contributed by atoms with E-state index in [9.17, 15) is 8.60 Å². The summed E-state index contributed by atoms with van der Waals surface area (Å²) in [5.74, 6) is 0.739. The molecular formula is C12H16Cl2FNOS. The predicted octanol–water partition coefficient (Wildman–Crippen LogP) is 3.55. The van der Waals surface area contributed by atoms with Crippen molar-refractivity contribution in [3.63, 3.8) is 0 Å². The molecule has 0 aliphatic rings. The lowest BCUT2D eigenvalue weighted by atomic mass is 10.1. The molecule has 0 aromatic heterocycles. The fourth-order valence-corrected chi connectivity index (χ4v) is 2.69. The smallest absolute Gasteiger partial charge is 0.142 e. The number of benzene rings is 1. The summed E-state index contributed by atoms with van der Waals surface area (Å²) in [6.45, 7) is 4.36. The molecule has 0 saturated heterocycles. The van der Waals surface area contributed by atoms with Crippen LogP contribution in [0.25, 0.3) is 0 Å². The van der Waals surface area contributed by atoms with E-state index < -0.39 is 16.6 Å². The van der Waals surface area contributed by atoms with Crippen LogP contribution < -0.4 is 5.32 Å². The van der Waals surface area contributed by atoms with Gasteiger partial charge in [-0.2, -0.15) is 0 Å². The van der Waals surface area contributed by atoms with E-state index in [0.717, 1.165) is 0 Å². The molecule has 0 saturated carbocycles. The van der Waals surface area contributed by atoms with Gasteiger partial charge in [0.1, 0.15) is 5.82 Å². The van der Waals surface area contributed by atoms with Crippen molar-refractivity contribution in [3.8, 4) is 0 Å². The van der Waals surface area contributed by atoms with Gasteiger partial charge in [0, 0.05) is 39.9 Å². The Hall–Kier alpha value is -0.160. The van der Waals surface area contributed by atoms with Crippen LogP contribution in [0.1, 0.15) is 25.5 Å². The second-order valence-corrected chi connectivity index (χ2v) is 6.58. The Labute approximate surface area is 119 Å². The largest absolute Gasteiger partial charge is 0.309 e. The highest BCUT2D eigenvalue weighted by molar-refractivity contribution is 7.84. The van der Waals surface area contributed by atoms with Crippen LogP contribution in [0, 0.1) is 5.82 Å². The molecule has 0 amide bonds. The van der Waals surface area contributed by atoms with E-state index in [1.165, 1.54) is 12.1 Å². The van der Waals surface area contributed by atoms with Crippen molar-refractivity contribution in [1.29, 1.82) is 0 Å². The van der Waals surface area contributed by atoms with Gasteiger partial charge in [0.15, 0.2) is 0 Å². The summed E-state index contributed by atoms with van der Waals surface area (Å²) >= 11 is 11.6. The average molecular weight is 312 g/mol. The molecule has 0 fully saturated rings. The first-order valence-corrected chi connectivity index (χ1v) is 7.92. The van der Waals surface area contributed by atoms with E-state index in [0.29, 0.717) is 28.6 Å². The van der Waals surface area contributed by atoms with Crippen LogP contribution in [0.15, 0.2) is 12.1 Å². The Morgan fingerprint density at radius 3 is 2.67 bits per heavy atom. The standard InChI is InChI=1S/C12H16Cl2FNOS/c1-3-18(17)5-4-16-8(2)9-6-12(15)11(14)7-10(9)13/h6-8,16H,3-5H2,1-2H3. The van der Waals surface area contributed by atoms with Crippen LogP contribution in [0.5, 0.6) is 0 Å². The summed E-state index contributed by atoms with van der Waals surface area (Å²) in [5.41, 5.74) is 0.654. The molecule has 1 rings (SSSR count). The molecule has 0 heterocycles. The van der Waals surface area contributed by atoms with Crippen LogP contribution in [0.4, 0.5) is 4.39 Å². The van der Waals surface area contributed by atoms with Crippen molar-refractivity contribution in [2.24, 2.45) is 0 Å². The molecule has 0 aliphatic carbocycles. The van der Waals surface area contributed by atoms with Crippen molar-refractivity contribution in [2.75, 3.05) is 18.1 Å². The molecule has 102 valence electrons. The van der Waals surface area contributed by atoms with Gasteiger partial charge in [0.2, 0.25) is 0 Å². The molecule has 1 N–H and O–H groups in total. The van der Waals surface area contributed by atoms with Crippen molar-refractivity contribution >= 4 is 34.0 Å². The summed E-state index contributed by atoms with van der Waals surface area (Å²) in [7, 11) is -0.804. The fraction of sp³-hybridized carbons (Fsp3) is 0.500. The third kappa shape index (κ3) is 4.50. The molecule has 2 atom stereocenters. The lowest BCUT2D eigenvalue weighted by Crippen LogP contribution is -2.24. The normalized spacial score (nSPS) is 14.5.